The van der Waals surface area contributed by atoms with Crippen LogP contribution in [0.15, 0.2) is 30.3 Å². The molecule has 0 aliphatic carbocycles. The fourth-order valence-electron chi connectivity index (χ4n) is 3.74. The number of carbonyl (C=O) groups excluding carboxylic acids is 1. The Morgan fingerprint density at radius 1 is 1.12 bits per heavy atom. The zero-order chi connectivity index (χ0) is 18.0. The van der Waals surface area contributed by atoms with Gasteiger partial charge in [-0.3, -0.25) is 14.6 Å². The molecule has 0 radical (unpaired) electrons. The van der Waals surface area contributed by atoms with Crippen LogP contribution in [0.25, 0.3) is 0 Å². The Balaban J connectivity index is 1.41. The third-order valence-electron chi connectivity index (χ3n) is 5.55. The van der Waals surface area contributed by atoms with Gasteiger partial charge in [-0.1, -0.05) is 30.3 Å². The van der Waals surface area contributed by atoms with E-state index in [1.165, 1.54) is 0 Å². The molecule has 0 saturated carbocycles. The van der Waals surface area contributed by atoms with Gasteiger partial charge in [-0.15, -0.1) is 0 Å². The normalized spacial score (nSPS) is 21.8. The first kappa shape index (κ1) is 18.4. The van der Waals surface area contributed by atoms with Crippen LogP contribution in [-0.2, 0) is 4.79 Å². The summed E-state index contributed by atoms with van der Waals surface area (Å²) in [5, 5.41) is 10.2. The van der Waals surface area contributed by atoms with Gasteiger partial charge in [0, 0.05) is 50.8 Å². The predicted molar refractivity (Wildman–Crippen MR) is 99.3 cm³/mol. The highest BCUT2D eigenvalue weighted by atomic mass is 16.3. The molecule has 0 bridgehead atoms. The first-order chi connectivity index (χ1) is 11.8. The molecule has 25 heavy (non-hydrogen) atoms. The zero-order valence-corrected chi connectivity index (χ0v) is 15.7. The minimum Gasteiger partial charge on any atom is -0.388 e. The van der Waals surface area contributed by atoms with E-state index >= 15 is 0 Å². The van der Waals surface area contributed by atoms with Crippen LogP contribution < -0.4 is 0 Å². The Labute approximate surface area is 151 Å². The molecule has 0 unspecified atom stereocenters. The van der Waals surface area contributed by atoms with Crippen LogP contribution in [0.1, 0.15) is 38.9 Å². The van der Waals surface area contributed by atoms with Crippen LogP contribution in [0.3, 0.4) is 0 Å². The van der Waals surface area contributed by atoms with Gasteiger partial charge in [0.1, 0.15) is 0 Å². The molecule has 1 N–H and O–H groups in total. The molecular weight excluding hydrogens is 314 g/mol. The van der Waals surface area contributed by atoms with Crippen molar-refractivity contribution in [2.45, 2.75) is 44.9 Å². The summed E-state index contributed by atoms with van der Waals surface area (Å²) in [6, 6.07) is 9.91. The van der Waals surface area contributed by atoms with Crippen LogP contribution in [0, 0.1) is 0 Å². The Hall–Kier alpha value is -1.43. The van der Waals surface area contributed by atoms with Gasteiger partial charge in [-0.2, -0.15) is 0 Å². The topological polar surface area (TPSA) is 47.0 Å². The molecule has 5 heteroatoms. The summed E-state index contributed by atoms with van der Waals surface area (Å²) in [5.41, 5.74) is 1.05. The highest BCUT2D eigenvalue weighted by Gasteiger charge is 2.37. The van der Waals surface area contributed by atoms with Gasteiger partial charge in [0.2, 0.25) is 5.91 Å². The highest BCUT2D eigenvalue weighted by Crippen LogP contribution is 2.23. The second-order valence-electron chi connectivity index (χ2n) is 8.28. The van der Waals surface area contributed by atoms with Crippen LogP contribution in [0.5, 0.6) is 0 Å². The van der Waals surface area contributed by atoms with Gasteiger partial charge in [-0.25, -0.2) is 0 Å². The van der Waals surface area contributed by atoms with Crippen LogP contribution in [0.2, 0.25) is 0 Å². The lowest BCUT2D eigenvalue weighted by Gasteiger charge is -2.50. The zero-order valence-electron chi connectivity index (χ0n) is 15.7. The third-order valence-corrected chi connectivity index (χ3v) is 5.55. The maximum absolute atomic E-state index is 12.4. The van der Waals surface area contributed by atoms with Crippen molar-refractivity contribution in [2.75, 3.05) is 39.3 Å². The van der Waals surface area contributed by atoms with E-state index < -0.39 is 6.10 Å². The van der Waals surface area contributed by atoms with Crippen molar-refractivity contribution in [2.24, 2.45) is 0 Å². The smallest absolute Gasteiger partial charge is 0.225 e. The van der Waals surface area contributed by atoms with Gasteiger partial charge >= 0.3 is 0 Å². The molecule has 1 atom stereocenters. The quantitative estimate of drug-likeness (QED) is 0.903. The van der Waals surface area contributed by atoms with Crippen molar-refractivity contribution < 1.29 is 9.90 Å². The van der Waals surface area contributed by atoms with Crippen molar-refractivity contribution in [3.63, 3.8) is 0 Å². The lowest BCUT2D eigenvalue weighted by atomic mass is 10.0. The molecule has 5 nitrogen and oxygen atoms in total. The van der Waals surface area contributed by atoms with Crippen molar-refractivity contribution in [3.8, 4) is 0 Å². The van der Waals surface area contributed by atoms with Gasteiger partial charge in [-0.05, 0) is 26.3 Å². The number of hydrogen-bond donors (Lipinski definition) is 1. The first-order valence-electron chi connectivity index (χ1n) is 9.34. The number of rotatable bonds is 4. The lowest BCUT2D eigenvalue weighted by Crippen LogP contribution is -2.65. The van der Waals surface area contributed by atoms with Crippen molar-refractivity contribution in [1.82, 2.24) is 14.7 Å². The third kappa shape index (κ3) is 4.40. The number of amides is 1. The van der Waals surface area contributed by atoms with E-state index in [-0.39, 0.29) is 17.9 Å². The summed E-state index contributed by atoms with van der Waals surface area (Å²) in [4.78, 5) is 19.3. The molecule has 2 fully saturated rings. The maximum Gasteiger partial charge on any atom is 0.225 e. The average molecular weight is 345 g/mol. The van der Waals surface area contributed by atoms with Crippen LogP contribution >= 0.6 is 0 Å². The summed E-state index contributed by atoms with van der Waals surface area (Å²) in [6.07, 6.45) is -0.530. The monoisotopic (exact) mass is 345 g/mol. The van der Waals surface area contributed by atoms with E-state index in [9.17, 15) is 9.90 Å². The number of benzene rings is 1. The second-order valence-corrected chi connectivity index (χ2v) is 8.28. The maximum atomic E-state index is 12.4. The van der Waals surface area contributed by atoms with E-state index in [2.05, 4.69) is 30.6 Å². The second kappa shape index (κ2) is 7.44. The number of aliphatic hydroxyl groups is 1. The Morgan fingerprint density at radius 3 is 2.28 bits per heavy atom. The minimum absolute atomic E-state index is 0.0564. The number of likely N-dealkylation sites (tertiary alicyclic amines) is 1. The Bertz CT molecular complexity index is 570. The van der Waals surface area contributed by atoms with Crippen molar-refractivity contribution in [1.29, 1.82) is 0 Å². The molecule has 1 aromatic carbocycles. The number of hydrogen-bond acceptors (Lipinski definition) is 4. The Morgan fingerprint density at radius 2 is 1.72 bits per heavy atom. The number of nitrogens with zero attached hydrogens (tertiary/aromatic N) is 3. The molecule has 2 aliphatic heterocycles. The van der Waals surface area contributed by atoms with Crippen molar-refractivity contribution in [3.05, 3.63) is 35.9 Å². The van der Waals surface area contributed by atoms with Crippen LogP contribution in [0.4, 0.5) is 0 Å². The number of piperazine rings is 1. The molecule has 2 aliphatic rings. The standard InChI is InChI=1S/C20H31N3O2/c1-20(2,3)23-11-9-21(10-12-23)17-14-22(15-17)19(25)13-18(24)16-7-5-4-6-8-16/h4-8,17-18,24H,9-15H2,1-3H3/t18-/m1/s1. The Kier molecular flexibility index (Phi) is 5.46. The van der Waals surface area contributed by atoms with Gasteiger partial charge in [0.05, 0.1) is 12.5 Å². The molecule has 0 spiro atoms. The van der Waals surface area contributed by atoms with E-state index in [0.29, 0.717) is 6.04 Å². The molecule has 138 valence electrons. The number of carbonyl (C=O) groups is 1. The lowest BCUT2D eigenvalue weighted by molar-refractivity contribution is -0.141. The summed E-state index contributed by atoms with van der Waals surface area (Å²) >= 11 is 0. The molecule has 0 aromatic heterocycles. The van der Waals surface area contributed by atoms with Gasteiger partial charge < -0.3 is 10.0 Å². The first-order valence-corrected chi connectivity index (χ1v) is 9.34. The molecule has 3 rings (SSSR count). The molecule has 1 amide bonds. The predicted octanol–water partition coefficient (Wildman–Crippen LogP) is 1.74. The summed E-state index contributed by atoms with van der Waals surface area (Å²) in [5.74, 6) is 0.0564. The summed E-state index contributed by atoms with van der Waals surface area (Å²) in [6.45, 7) is 12.8. The summed E-state index contributed by atoms with van der Waals surface area (Å²) in [7, 11) is 0. The van der Waals surface area contributed by atoms with E-state index in [1.807, 2.05) is 35.2 Å². The van der Waals surface area contributed by atoms with Gasteiger partial charge in [0.25, 0.3) is 0 Å². The van der Waals surface area contributed by atoms with Crippen molar-refractivity contribution >= 4 is 5.91 Å². The largest absolute Gasteiger partial charge is 0.388 e. The molecular formula is C20H31N3O2. The van der Waals surface area contributed by atoms with E-state index in [0.717, 1.165) is 44.8 Å². The SMILES string of the molecule is CC(C)(C)N1CCN(C2CN(C(=O)C[C@@H](O)c3ccccc3)C2)CC1. The average Bonchev–Trinajstić information content (AvgIpc) is 2.54. The van der Waals surface area contributed by atoms with E-state index in [4.69, 9.17) is 0 Å². The fourth-order valence-corrected chi connectivity index (χ4v) is 3.74. The van der Waals surface area contributed by atoms with Gasteiger partial charge in [0.15, 0.2) is 0 Å². The minimum atomic E-state index is -0.705. The molecule has 2 saturated heterocycles. The summed E-state index contributed by atoms with van der Waals surface area (Å²) < 4.78 is 0. The molecule has 2 heterocycles. The fraction of sp³-hybridized carbons (Fsp3) is 0.650. The highest BCUT2D eigenvalue weighted by molar-refractivity contribution is 5.77. The van der Waals surface area contributed by atoms with Crippen LogP contribution in [-0.4, -0.2) is 76.6 Å². The number of aliphatic hydroxyl groups excluding tert-OH is 1. The van der Waals surface area contributed by atoms with E-state index in [1.54, 1.807) is 0 Å². The molecule has 1 aromatic rings.